The van der Waals surface area contributed by atoms with E-state index in [0.717, 1.165) is 58.6 Å². The first kappa shape index (κ1) is 14.7. The van der Waals surface area contributed by atoms with Crippen LogP contribution in [0.5, 0.6) is 0 Å². The summed E-state index contributed by atoms with van der Waals surface area (Å²) in [5.41, 5.74) is 0. The zero-order chi connectivity index (χ0) is 14.0. The van der Waals surface area contributed by atoms with Crippen molar-refractivity contribution in [1.29, 1.82) is 0 Å². The summed E-state index contributed by atoms with van der Waals surface area (Å²) >= 11 is 0. The molecule has 0 aromatic heterocycles. The van der Waals surface area contributed by atoms with Crippen LogP contribution in [-0.2, 0) is 14.2 Å². The van der Waals surface area contributed by atoms with Crippen molar-refractivity contribution in [3.8, 4) is 0 Å². The molecule has 5 heteroatoms. The van der Waals surface area contributed by atoms with E-state index in [0.29, 0.717) is 18.2 Å². The van der Waals surface area contributed by atoms with E-state index in [9.17, 15) is 0 Å². The maximum Gasteiger partial charge on any atom is 0.170 e. The van der Waals surface area contributed by atoms with Crippen molar-refractivity contribution in [3.05, 3.63) is 0 Å². The molecule has 0 amide bonds. The average Bonchev–Trinajstić information content (AvgIpc) is 2.95. The van der Waals surface area contributed by atoms with Gasteiger partial charge in [-0.1, -0.05) is 6.92 Å². The van der Waals surface area contributed by atoms with Gasteiger partial charge in [0, 0.05) is 38.0 Å². The molecule has 2 aliphatic heterocycles. The molecule has 1 N–H and O–H groups in total. The fourth-order valence-corrected chi connectivity index (χ4v) is 3.90. The number of hydrogen-bond acceptors (Lipinski definition) is 5. The van der Waals surface area contributed by atoms with Crippen LogP contribution in [0.2, 0.25) is 0 Å². The highest BCUT2D eigenvalue weighted by molar-refractivity contribution is 4.97. The van der Waals surface area contributed by atoms with E-state index in [4.69, 9.17) is 14.2 Å². The van der Waals surface area contributed by atoms with Crippen LogP contribution in [0.25, 0.3) is 0 Å². The van der Waals surface area contributed by atoms with Gasteiger partial charge in [-0.2, -0.15) is 0 Å². The van der Waals surface area contributed by atoms with Gasteiger partial charge in [-0.15, -0.1) is 0 Å². The summed E-state index contributed by atoms with van der Waals surface area (Å²) in [6.07, 6.45) is 4.58. The molecule has 1 aliphatic carbocycles. The van der Waals surface area contributed by atoms with Gasteiger partial charge >= 0.3 is 0 Å². The van der Waals surface area contributed by atoms with Crippen molar-refractivity contribution in [2.24, 2.45) is 0 Å². The summed E-state index contributed by atoms with van der Waals surface area (Å²) in [5, 5.41) is 3.50. The standard InChI is InChI=1S/C15H28N2O3/c1-3-12-11-17(6-7-18-12)14-10-15(19-8-9-20-15)5-4-13(14)16-2/h12-14,16H,3-11H2,1-2H3. The van der Waals surface area contributed by atoms with Gasteiger partial charge in [0.05, 0.1) is 25.9 Å². The molecule has 2 saturated heterocycles. The molecule has 3 rings (SSSR count). The van der Waals surface area contributed by atoms with Crippen LogP contribution >= 0.6 is 0 Å². The van der Waals surface area contributed by atoms with E-state index in [-0.39, 0.29) is 5.79 Å². The number of rotatable bonds is 3. The Balaban J connectivity index is 1.70. The van der Waals surface area contributed by atoms with Gasteiger partial charge in [0.15, 0.2) is 5.79 Å². The summed E-state index contributed by atoms with van der Waals surface area (Å²) in [6.45, 7) is 6.61. The van der Waals surface area contributed by atoms with Gasteiger partial charge in [-0.3, -0.25) is 4.90 Å². The lowest BCUT2D eigenvalue weighted by Crippen LogP contribution is -2.60. The maximum atomic E-state index is 5.94. The summed E-state index contributed by atoms with van der Waals surface area (Å²) in [7, 11) is 2.07. The molecule has 1 saturated carbocycles. The third-order valence-electron chi connectivity index (χ3n) is 5.10. The highest BCUT2D eigenvalue weighted by atomic mass is 16.7. The lowest BCUT2D eigenvalue weighted by atomic mass is 9.84. The molecule has 3 fully saturated rings. The SMILES string of the molecule is CCC1CN(C2CC3(CCC2NC)OCCO3)CCO1. The molecule has 116 valence electrons. The molecule has 0 bridgehead atoms. The predicted molar refractivity (Wildman–Crippen MR) is 76.7 cm³/mol. The van der Waals surface area contributed by atoms with Crippen LogP contribution in [0.3, 0.4) is 0 Å². The second kappa shape index (κ2) is 6.28. The van der Waals surface area contributed by atoms with Crippen molar-refractivity contribution in [3.63, 3.8) is 0 Å². The third kappa shape index (κ3) is 2.88. The van der Waals surface area contributed by atoms with Crippen LogP contribution in [0.4, 0.5) is 0 Å². The average molecular weight is 284 g/mol. The smallest absolute Gasteiger partial charge is 0.170 e. The van der Waals surface area contributed by atoms with Gasteiger partial charge in [0.25, 0.3) is 0 Å². The van der Waals surface area contributed by atoms with Gasteiger partial charge < -0.3 is 19.5 Å². The zero-order valence-corrected chi connectivity index (χ0v) is 12.8. The Morgan fingerprint density at radius 2 is 2.05 bits per heavy atom. The summed E-state index contributed by atoms with van der Waals surface area (Å²) in [4.78, 5) is 2.59. The van der Waals surface area contributed by atoms with Crippen molar-refractivity contribution < 1.29 is 14.2 Å². The minimum absolute atomic E-state index is 0.308. The Bertz CT molecular complexity index is 320. The molecule has 5 nitrogen and oxygen atoms in total. The van der Waals surface area contributed by atoms with E-state index in [1.807, 2.05) is 0 Å². The van der Waals surface area contributed by atoms with Gasteiger partial charge in [-0.25, -0.2) is 0 Å². The lowest BCUT2D eigenvalue weighted by Gasteiger charge is -2.48. The fourth-order valence-electron chi connectivity index (χ4n) is 3.90. The molecule has 0 aromatic rings. The topological polar surface area (TPSA) is 43.0 Å². The maximum absolute atomic E-state index is 5.94. The zero-order valence-electron chi connectivity index (χ0n) is 12.8. The number of nitrogens with one attached hydrogen (secondary N) is 1. The molecule has 20 heavy (non-hydrogen) atoms. The quantitative estimate of drug-likeness (QED) is 0.837. The highest BCUT2D eigenvalue weighted by Gasteiger charge is 2.47. The Morgan fingerprint density at radius 3 is 2.75 bits per heavy atom. The highest BCUT2D eigenvalue weighted by Crippen LogP contribution is 2.38. The predicted octanol–water partition coefficient (Wildman–Crippen LogP) is 0.981. The third-order valence-corrected chi connectivity index (χ3v) is 5.10. The van der Waals surface area contributed by atoms with Crippen LogP contribution in [0, 0.1) is 0 Å². The van der Waals surface area contributed by atoms with Gasteiger partial charge in [-0.05, 0) is 19.9 Å². The number of morpholine rings is 1. The second-order valence-electron chi connectivity index (χ2n) is 6.21. The first-order valence-electron chi connectivity index (χ1n) is 8.07. The monoisotopic (exact) mass is 284 g/mol. The molecular formula is C15H28N2O3. The first-order chi connectivity index (χ1) is 9.76. The van der Waals surface area contributed by atoms with Gasteiger partial charge in [0.2, 0.25) is 0 Å². The minimum atomic E-state index is -0.308. The van der Waals surface area contributed by atoms with Crippen LogP contribution in [0.15, 0.2) is 0 Å². The van der Waals surface area contributed by atoms with E-state index < -0.39 is 0 Å². The fraction of sp³-hybridized carbons (Fsp3) is 1.00. The molecule has 3 aliphatic rings. The van der Waals surface area contributed by atoms with Crippen molar-refractivity contribution in [2.75, 3.05) is 40.0 Å². The molecule has 2 heterocycles. The Hall–Kier alpha value is -0.200. The number of hydrogen-bond donors (Lipinski definition) is 1. The van der Waals surface area contributed by atoms with E-state index in [1.165, 1.54) is 0 Å². The number of nitrogens with zero attached hydrogens (tertiary/aromatic N) is 1. The summed E-state index contributed by atoms with van der Waals surface area (Å²) < 4.78 is 17.7. The van der Waals surface area contributed by atoms with Gasteiger partial charge in [0.1, 0.15) is 0 Å². The van der Waals surface area contributed by atoms with Crippen LogP contribution in [-0.4, -0.2) is 68.8 Å². The van der Waals surface area contributed by atoms with Crippen molar-refractivity contribution in [2.45, 2.75) is 56.6 Å². The Morgan fingerprint density at radius 1 is 1.25 bits per heavy atom. The summed E-state index contributed by atoms with van der Waals surface area (Å²) in [5.74, 6) is -0.308. The molecule has 1 spiro atoms. The van der Waals surface area contributed by atoms with E-state index >= 15 is 0 Å². The lowest BCUT2D eigenvalue weighted by molar-refractivity contribution is -0.198. The molecular weight excluding hydrogens is 256 g/mol. The molecule has 3 atom stereocenters. The largest absolute Gasteiger partial charge is 0.376 e. The molecule has 0 radical (unpaired) electrons. The van der Waals surface area contributed by atoms with Crippen LogP contribution in [0.1, 0.15) is 32.6 Å². The normalized spacial score (nSPS) is 38.4. The molecule has 0 aromatic carbocycles. The number of ether oxygens (including phenoxy) is 3. The van der Waals surface area contributed by atoms with E-state index in [2.05, 4.69) is 24.2 Å². The Labute approximate surface area is 121 Å². The second-order valence-corrected chi connectivity index (χ2v) is 6.21. The molecule has 3 unspecified atom stereocenters. The van der Waals surface area contributed by atoms with E-state index in [1.54, 1.807) is 0 Å². The minimum Gasteiger partial charge on any atom is -0.376 e. The van der Waals surface area contributed by atoms with Crippen LogP contribution < -0.4 is 5.32 Å². The Kier molecular flexibility index (Phi) is 4.62. The van der Waals surface area contributed by atoms with Crippen molar-refractivity contribution >= 4 is 0 Å². The first-order valence-corrected chi connectivity index (χ1v) is 8.07. The van der Waals surface area contributed by atoms with Crippen molar-refractivity contribution in [1.82, 2.24) is 10.2 Å². The summed E-state index contributed by atoms with van der Waals surface area (Å²) in [6, 6.07) is 1.02. The number of likely N-dealkylation sites (N-methyl/N-ethyl adjacent to an activating group) is 1.